The van der Waals surface area contributed by atoms with Crippen molar-refractivity contribution in [1.82, 2.24) is 0 Å². The van der Waals surface area contributed by atoms with Gasteiger partial charge in [0.15, 0.2) is 0 Å². The standard InChI is InChI=1S/C17H22N2O2/c1-17(2,12-18)9-4-10-21-14-8-7-13-5-3-6-16(19-20)15(13)11-14/h7-8,11,20H,3-6,9-10H2,1-2H3/b19-16-. The van der Waals surface area contributed by atoms with Gasteiger partial charge in [-0.1, -0.05) is 11.2 Å². The lowest BCUT2D eigenvalue weighted by atomic mass is 9.90. The molecule has 0 bridgehead atoms. The lowest BCUT2D eigenvalue weighted by molar-refractivity contribution is 0.284. The number of hydrogen-bond donors (Lipinski definition) is 1. The zero-order valence-corrected chi connectivity index (χ0v) is 12.7. The van der Waals surface area contributed by atoms with Gasteiger partial charge in [-0.2, -0.15) is 5.26 Å². The topological polar surface area (TPSA) is 65.6 Å². The molecule has 0 aliphatic heterocycles. The summed E-state index contributed by atoms with van der Waals surface area (Å²) < 4.78 is 5.76. The smallest absolute Gasteiger partial charge is 0.119 e. The van der Waals surface area contributed by atoms with Gasteiger partial charge in [0, 0.05) is 5.56 Å². The van der Waals surface area contributed by atoms with Crippen molar-refractivity contribution in [3.8, 4) is 11.8 Å². The minimum Gasteiger partial charge on any atom is -0.494 e. The lowest BCUT2D eigenvalue weighted by Gasteiger charge is -2.18. The van der Waals surface area contributed by atoms with Crippen molar-refractivity contribution >= 4 is 5.71 Å². The van der Waals surface area contributed by atoms with Gasteiger partial charge in [-0.05, 0) is 63.6 Å². The second-order valence-corrected chi connectivity index (χ2v) is 6.17. The van der Waals surface area contributed by atoms with Crippen LogP contribution in [0, 0.1) is 16.7 Å². The van der Waals surface area contributed by atoms with E-state index >= 15 is 0 Å². The molecule has 112 valence electrons. The first-order valence-corrected chi connectivity index (χ1v) is 7.44. The molecule has 0 aromatic heterocycles. The van der Waals surface area contributed by atoms with Crippen molar-refractivity contribution in [3.63, 3.8) is 0 Å². The molecule has 1 aliphatic carbocycles. The number of benzene rings is 1. The number of oxime groups is 1. The van der Waals surface area contributed by atoms with Crippen molar-refractivity contribution in [2.75, 3.05) is 6.61 Å². The summed E-state index contributed by atoms with van der Waals surface area (Å²) >= 11 is 0. The lowest BCUT2D eigenvalue weighted by Crippen LogP contribution is -2.13. The highest BCUT2D eigenvalue weighted by molar-refractivity contribution is 6.02. The molecule has 0 radical (unpaired) electrons. The second kappa shape index (κ2) is 6.62. The number of nitriles is 1. The highest BCUT2D eigenvalue weighted by atomic mass is 16.5. The molecule has 0 unspecified atom stereocenters. The SMILES string of the molecule is CC(C)(C#N)CCCOc1ccc2c(c1)/C(=N\O)CCC2. The first-order valence-electron chi connectivity index (χ1n) is 7.44. The molecule has 1 N–H and O–H groups in total. The third kappa shape index (κ3) is 3.98. The van der Waals surface area contributed by atoms with E-state index in [9.17, 15) is 0 Å². The summed E-state index contributed by atoms with van der Waals surface area (Å²) in [4.78, 5) is 0. The molecule has 0 atom stereocenters. The van der Waals surface area contributed by atoms with Crippen molar-refractivity contribution in [3.05, 3.63) is 29.3 Å². The van der Waals surface area contributed by atoms with Crippen LogP contribution < -0.4 is 4.74 Å². The third-order valence-corrected chi connectivity index (χ3v) is 3.89. The fraction of sp³-hybridized carbons (Fsp3) is 0.529. The predicted molar refractivity (Wildman–Crippen MR) is 81.8 cm³/mol. The zero-order valence-electron chi connectivity index (χ0n) is 12.7. The summed E-state index contributed by atoms with van der Waals surface area (Å²) in [6.07, 6.45) is 4.51. The maximum Gasteiger partial charge on any atom is 0.119 e. The normalized spacial score (nSPS) is 16.3. The van der Waals surface area contributed by atoms with Crippen LogP contribution in [0.1, 0.15) is 50.7 Å². The highest BCUT2D eigenvalue weighted by Gasteiger charge is 2.18. The van der Waals surface area contributed by atoms with Crippen LogP contribution in [-0.2, 0) is 6.42 Å². The van der Waals surface area contributed by atoms with E-state index in [1.807, 2.05) is 32.0 Å². The average molecular weight is 286 g/mol. The monoisotopic (exact) mass is 286 g/mol. The average Bonchev–Trinajstić information content (AvgIpc) is 2.51. The zero-order chi connectivity index (χ0) is 15.3. The molecule has 1 aromatic carbocycles. The van der Waals surface area contributed by atoms with E-state index in [4.69, 9.17) is 15.2 Å². The van der Waals surface area contributed by atoms with Crippen LogP contribution in [0.4, 0.5) is 0 Å². The maximum atomic E-state index is 9.08. The van der Waals surface area contributed by atoms with Gasteiger partial charge in [0.25, 0.3) is 0 Å². The Morgan fingerprint density at radius 3 is 2.90 bits per heavy atom. The molecule has 0 heterocycles. The van der Waals surface area contributed by atoms with Crippen LogP contribution in [0.3, 0.4) is 0 Å². The van der Waals surface area contributed by atoms with Gasteiger partial charge in [0.1, 0.15) is 5.75 Å². The number of aryl methyl sites for hydroxylation is 1. The van der Waals surface area contributed by atoms with E-state index in [2.05, 4.69) is 11.2 Å². The molecule has 0 spiro atoms. The van der Waals surface area contributed by atoms with Crippen molar-refractivity contribution in [1.29, 1.82) is 5.26 Å². The van der Waals surface area contributed by atoms with Gasteiger partial charge in [-0.25, -0.2) is 0 Å². The van der Waals surface area contributed by atoms with Gasteiger partial charge >= 0.3 is 0 Å². The van der Waals surface area contributed by atoms with Gasteiger partial charge in [-0.3, -0.25) is 0 Å². The predicted octanol–water partition coefficient (Wildman–Crippen LogP) is 3.91. The summed E-state index contributed by atoms with van der Waals surface area (Å²) in [7, 11) is 0. The molecule has 21 heavy (non-hydrogen) atoms. The van der Waals surface area contributed by atoms with E-state index in [0.717, 1.165) is 49.1 Å². The number of rotatable bonds is 5. The Hall–Kier alpha value is -2.02. The van der Waals surface area contributed by atoms with E-state index in [0.29, 0.717) is 6.61 Å². The maximum absolute atomic E-state index is 9.08. The quantitative estimate of drug-likeness (QED) is 0.507. The van der Waals surface area contributed by atoms with E-state index in [1.165, 1.54) is 5.56 Å². The highest BCUT2D eigenvalue weighted by Crippen LogP contribution is 2.26. The molecular weight excluding hydrogens is 264 g/mol. The van der Waals surface area contributed by atoms with Crippen molar-refractivity contribution in [2.24, 2.45) is 10.6 Å². The molecule has 1 aromatic rings. The van der Waals surface area contributed by atoms with E-state index in [-0.39, 0.29) is 5.41 Å². The molecule has 0 amide bonds. The summed E-state index contributed by atoms with van der Waals surface area (Å²) in [6, 6.07) is 8.27. The largest absolute Gasteiger partial charge is 0.494 e. The van der Waals surface area contributed by atoms with Crippen LogP contribution in [0.15, 0.2) is 23.4 Å². The van der Waals surface area contributed by atoms with Crippen LogP contribution >= 0.6 is 0 Å². The Kier molecular flexibility index (Phi) is 4.85. The number of nitrogens with zero attached hydrogens (tertiary/aromatic N) is 2. The first kappa shape index (κ1) is 15.4. The molecule has 0 fully saturated rings. The summed E-state index contributed by atoms with van der Waals surface area (Å²) in [5, 5.41) is 21.4. The Bertz CT molecular complexity index is 571. The van der Waals surface area contributed by atoms with E-state index < -0.39 is 0 Å². The van der Waals surface area contributed by atoms with Gasteiger partial charge in [0.2, 0.25) is 0 Å². The number of fused-ring (bicyclic) bond motifs is 1. The minimum absolute atomic E-state index is 0.296. The third-order valence-electron chi connectivity index (χ3n) is 3.89. The van der Waals surface area contributed by atoms with Gasteiger partial charge in [0.05, 0.1) is 23.8 Å². The van der Waals surface area contributed by atoms with E-state index in [1.54, 1.807) is 0 Å². The van der Waals surface area contributed by atoms with Crippen LogP contribution in [0.5, 0.6) is 5.75 Å². The minimum atomic E-state index is -0.296. The number of ether oxygens (including phenoxy) is 1. The Morgan fingerprint density at radius 2 is 2.19 bits per heavy atom. The Morgan fingerprint density at radius 1 is 1.38 bits per heavy atom. The van der Waals surface area contributed by atoms with Gasteiger partial charge < -0.3 is 9.94 Å². The molecule has 4 nitrogen and oxygen atoms in total. The molecule has 0 saturated carbocycles. The molecule has 0 saturated heterocycles. The summed E-state index contributed by atoms with van der Waals surface area (Å²) in [5.74, 6) is 0.798. The summed E-state index contributed by atoms with van der Waals surface area (Å²) in [5.41, 5.74) is 2.66. The van der Waals surface area contributed by atoms with Crippen LogP contribution in [0.25, 0.3) is 0 Å². The van der Waals surface area contributed by atoms with Crippen LogP contribution in [0.2, 0.25) is 0 Å². The molecule has 4 heteroatoms. The fourth-order valence-corrected chi connectivity index (χ4v) is 2.58. The van der Waals surface area contributed by atoms with Gasteiger partial charge in [-0.15, -0.1) is 0 Å². The first-order chi connectivity index (χ1) is 10.1. The Balaban J connectivity index is 1.95. The molecular formula is C17H22N2O2. The number of hydrogen-bond acceptors (Lipinski definition) is 4. The van der Waals surface area contributed by atoms with Crippen molar-refractivity contribution < 1.29 is 9.94 Å². The molecule has 1 aliphatic rings. The molecule has 2 rings (SSSR count). The fourth-order valence-electron chi connectivity index (χ4n) is 2.58. The summed E-state index contributed by atoms with van der Waals surface area (Å²) in [6.45, 7) is 4.47. The van der Waals surface area contributed by atoms with Crippen molar-refractivity contribution in [2.45, 2.75) is 46.0 Å². The second-order valence-electron chi connectivity index (χ2n) is 6.17. The Labute approximate surface area is 126 Å². The van der Waals surface area contributed by atoms with Crippen LogP contribution in [-0.4, -0.2) is 17.5 Å².